The van der Waals surface area contributed by atoms with Gasteiger partial charge in [0.25, 0.3) is 5.91 Å². The molecule has 1 amide bonds. The van der Waals surface area contributed by atoms with Crippen LogP contribution < -0.4 is 11.1 Å². The molecule has 0 aliphatic carbocycles. The van der Waals surface area contributed by atoms with Crippen LogP contribution in [0, 0.1) is 0 Å². The molecule has 0 spiro atoms. The average molecular weight is 271 g/mol. The number of amides is 1. The molecule has 1 unspecified atom stereocenters. The molecule has 114 valence electrons. The van der Waals surface area contributed by atoms with Crippen LogP contribution in [0.15, 0.2) is 0 Å². The zero-order chi connectivity index (χ0) is 14.3. The van der Waals surface area contributed by atoms with Gasteiger partial charge in [-0.3, -0.25) is 4.79 Å². The first-order valence-corrected chi connectivity index (χ1v) is 8.33. The lowest BCUT2D eigenvalue weighted by Crippen LogP contribution is -2.67. The molecule has 0 aliphatic rings. The Balaban J connectivity index is 3.13. The fraction of sp³-hybridized carbons (Fsp3) is 0.938. The van der Waals surface area contributed by atoms with Crippen molar-refractivity contribution >= 4 is 5.91 Å². The SMILES string of the molecule is CCCCCCCCCCCCNC(=O)C([NH3+])CC. The van der Waals surface area contributed by atoms with Crippen LogP contribution in [-0.4, -0.2) is 18.5 Å². The van der Waals surface area contributed by atoms with Gasteiger partial charge in [0, 0.05) is 13.0 Å². The van der Waals surface area contributed by atoms with E-state index in [2.05, 4.69) is 18.0 Å². The lowest BCUT2D eigenvalue weighted by molar-refractivity contribution is -0.404. The Hall–Kier alpha value is -0.570. The van der Waals surface area contributed by atoms with Gasteiger partial charge in [0.05, 0.1) is 0 Å². The van der Waals surface area contributed by atoms with Crippen molar-refractivity contribution in [2.75, 3.05) is 6.54 Å². The highest BCUT2D eigenvalue weighted by atomic mass is 16.2. The highest BCUT2D eigenvalue weighted by molar-refractivity contribution is 5.79. The molecule has 0 heterocycles. The Kier molecular flexibility index (Phi) is 13.4. The van der Waals surface area contributed by atoms with Crippen molar-refractivity contribution < 1.29 is 10.5 Å². The van der Waals surface area contributed by atoms with Crippen molar-refractivity contribution in [3.05, 3.63) is 0 Å². The van der Waals surface area contributed by atoms with Crippen LogP contribution in [0.3, 0.4) is 0 Å². The first-order chi connectivity index (χ1) is 9.22. The van der Waals surface area contributed by atoms with Crippen molar-refractivity contribution in [1.29, 1.82) is 0 Å². The van der Waals surface area contributed by atoms with Gasteiger partial charge in [-0.15, -0.1) is 0 Å². The van der Waals surface area contributed by atoms with E-state index >= 15 is 0 Å². The maximum absolute atomic E-state index is 11.5. The van der Waals surface area contributed by atoms with E-state index in [1.807, 2.05) is 6.92 Å². The van der Waals surface area contributed by atoms with Crippen LogP contribution in [0.25, 0.3) is 0 Å². The number of hydrogen-bond acceptors (Lipinski definition) is 1. The summed E-state index contributed by atoms with van der Waals surface area (Å²) in [6.07, 6.45) is 14.2. The maximum atomic E-state index is 11.5. The summed E-state index contributed by atoms with van der Waals surface area (Å²) in [6, 6.07) is -0.0804. The summed E-state index contributed by atoms with van der Waals surface area (Å²) >= 11 is 0. The molecule has 0 bridgehead atoms. The number of nitrogens with one attached hydrogen (secondary N) is 1. The molecule has 4 N–H and O–H groups in total. The van der Waals surface area contributed by atoms with Crippen molar-refractivity contribution in [1.82, 2.24) is 5.32 Å². The number of rotatable bonds is 13. The minimum absolute atomic E-state index is 0.0804. The number of carbonyl (C=O) groups is 1. The van der Waals surface area contributed by atoms with Gasteiger partial charge in [0.1, 0.15) is 0 Å². The quantitative estimate of drug-likeness (QED) is 0.497. The van der Waals surface area contributed by atoms with Gasteiger partial charge in [-0.1, -0.05) is 71.6 Å². The molecular weight excluding hydrogens is 236 g/mol. The highest BCUT2D eigenvalue weighted by Crippen LogP contribution is 2.10. The zero-order valence-corrected chi connectivity index (χ0v) is 13.2. The third-order valence-corrected chi connectivity index (χ3v) is 3.69. The summed E-state index contributed by atoms with van der Waals surface area (Å²) < 4.78 is 0. The summed E-state index contributed by atoms with van der Waals surface area (Å²) in [5, 5.41) is 2.96. The van der Waals surface area contributed by atoms with Gasteiger partial charge in [0.15, 0.2) is 6.04 Å². The molecule has 0 aliphatic heterocycles. The number of unbranched alkanes of at least 4 members (excludes halogenated alkanes) is 9. The van der Waals surface area contributed by atoms with Crippen LogP contribution in [-0.2, 0) is 4.79 Å². The first-order valence-electron chi connectivity index (χ1n) is 8.33. The van der Waals surface area contributed by atoms with Gasteiger partial charge in [-0.2, -0.15) is 0 Å². The Labute approximate surface area is 119 Å². The fourth-order valence-corrected chi connectivity index (χ4v) is 2.15. The van der Waals surface area contributed by atoms with Crippen LogP contribution in [0.4, 0.5) is 0 Å². The third-order valence-electron chi connectivity index (χ3n) is 3.69. The van der Waals surface area contributed by atoms with Gasteiger partial charge in [-0.25, -0.2) is 0 Å². The largest absolute Gasteiger partial charge is 0.351 e. The molecule has 0 radical (unpaired) electrons. The van der Waals surface area contributed by atoms with Gasteiger partial charge >= 0.3 is 0 Å². The smallest absolute Gasteiger partial charge is 0.278 e. The lowest BCUT2D eigenvalue weighted by atomic mass is 10.1. The van der Waals surface area contributed by atoms with E-state index in [1.54, 1.807) is 0 Å². The molecule has 1 atom stereocenters. The third kappa shape index (κ3) is 12.2. The van der Waals surface area contributed by atoms with Crippen molar-refractivity contribution in [3.8, 4) is 0 Å². The van der Waals surface area contributed by atoms with E-state index < -0.39 is 0 Å². The van der Waals surface area contributed by atoms with Crippen LogP contribution >= 0.6 is 0 Å². The first kappa shape index (κ1) is 18.4. The predicted molar refractivity (Wildman–Crippen MR) is 81.8 cm³/mol. The molecule has 0 aromatic heterocycles. The van der Waals surface area contributed by atoms with Crippen molar-refractivity contribution in [2.24, 2.45) is 0 Å². The van der Waals surface area contributed by atoms with Crippen LogP contribution in [0.1, 0.15) is 84.5 Å². The van der Waals surface area contributed by atoms with E-state index in [0.29, 0.717) is 0 Å². The lowest BCUT2D eigenvalue weighted by Gasteiger charge is -2.07. The fourth-order valence-electron chi connectivity index (χ4n) is 2.15. The summed E-state index contributed by atoms with van der Waals surface area (Å²) in [6.45, 7) is 5.08. The Morgan fingerprint density at radius 3 is 1.84 bits per heavy atom. The molecule has 0 aromatic rings. The molecule has 0 rings (SSSR count). The maximum Gasteiger partial charge on any atom is 0.278 e. The Morgan fingerprint density at radius 2 is 1.37 bits per heavy atom. The van der Waals surface area contributed by atoms with E-state index in [-0.39, 0.29) is 11.9 Å². The standard InChI is InChI=1S/C16H34N2O/c1-3-5-6-7-8-9-10-11-12-13-14-18-16(19)15(17)4-2/h15H,3-14,17H2,1-2H3,(H,18,19)/p+1. The number of carbonyl (C=O) groups excluding carboxylic acids is 1. The molecular formula is C16H35N2O+. The molecule has 3 heteroatoms. The average Bonchev–Trinajstić information content (AvgIpc) is 2.43. The van der Waals surface area contributed by atoms with E-state index in [1.165, 1.54) is 57.8 Å². The normalized spacial score (nSPS) is 12.4. The van der Waals surface area contributed by atoms with E-state index in [4.69, 9.17) is 0 Å². The van der Waals surface area contributed by atoms with Crippen LogP contribution in [0.2, 0.25) is 0 Å². The summed E-state index contributed by atoms with van der Waals surface area (Å²) in [5.41, 5.74) is 3.81. The summed E-state index contributed by atoms with van der Waals surface area (Å²) in [7, 11) is 0. The van der Waals surface area contributed by atoms with Crippen LogP contribution in [0.5, 0.6) is 0 Å². The summed E-state index contributed by atoms with van der Waals surface area (Å²) in [4.78, 5) is 11.5. The second-order valence-corrected chi connectivity index (χ2v) is 5.58. The Bertz CT molecular complexity index is 207. The Morgan fingerprint density at radius 1 is 0.895 bits per heavy atom. The molecule has 0 aromatic carbocycles. The summed E-state index contributed by atoms with van der Waals surface area (Å²) in [5.74, 6) is 0.110. The molecule has 0 saturated heterocycles. The van der Waals surface area contributed by atoms with Crippen molar-refractivity contribution in [3.63, 3.8) is 0 Å². The molecule has 19 heavy (non-hydrogen) atoms. The van der Waals surface area contributed by atoms with Gasteiger partial charge in [-0.05, 0) is 6.42 Å². The highest BCUT2D eigenvalue weighted by Gasteiger charge is 2.12. The van der Waals surface area contributed by atoms with Crippen molar-refractivity contribution in [2.45, 2.75) is 90.5 Å². The monoisotopic (exact) mass is 271 g/mol. The van der Waals surface area contributed by atoms with Gasteiger partial charge < -0.3 is 11.1 Å². The minimum Gasteiger partial charge on any atom is -0.351 e. The number of hydrogen-bond donors (Lipinski definition) is 2. The predicted octanol–water partition coefficient (Wildman–Crippen LogP) is 3.04. The van der Waals surface area contributed by atoms with E-state index in [9.17, 15) is 4.79 Å². The second kappa shape index (κ2) is 13.9. The second-order valence-electron chi connectivity index (χ2n) is 5.58. The molecule has 3 nitrogen and oxygen atoms in total. The minimum atomic E-state index is -0.0804. The number of quaternary nitrogens is 1. The zero-order valence-electron chi connectivity index (χ0n) is 13.2. The molecule has 0 fully saturated rings. The van der Waals surface area contributed by atoms with E-state index in [0.717, 1.165) is 19.4 Å². The van der Waals surface area contributed by atoms with Gasteiger partial charge in [0.2, 0.25) is 0 Å². The topological polar surface area (TPSA) is 56.7 Å². The molecule has 0 saturated carbocycles.